The third kappa shape index (κ3) is 4.07. The zero-order valence-corrected chi connectivity index (χ0v) is 6.94. The van der Waals surface area contributed by atoms with Crippen LogP contribution in [0.2, 0.25) is 0 Å². The van der Waals surface area contributed by atoms with Crippen LogP contribution in [0.25, 0.3) is 0 Å². The maximum absolute atomic E-state index is 10.1. The Balaban J connectivity index is 3.83. The molecule has 0 aromatic rings. The van der Waals surface area contributed by atoms with Crippen molar-refractivity contribution in [3.8, 4) is 0 Å². The SMILES string of the molecule is CCN(CS(=O)[O-])S(=O)[O-]. The molecule has 0 aromatic heterocycles. The van der Waals surface area contributed by atoms with Crippen LogP contribution < -0.4 is 0 Å². The molecule has 2 unspecified atom stereocenters. The maximum Gasteiger partial charge on any atom is 0.0726 e. The van der Waals surface area contributed by atoms with Crippen LogP contribution in [0.4, 0.5) is 0 Å². The van der Waals surface area contributed by atoms with E-state index < -0.39 is 28.2 Å². The van der Waals surface area contributed by atoms with Crippen LogP contribution >= 0.6 is 0 Å². The largest absolute Gasteiger partial charge is 0.771 e. The molecule has 0 aliphatic carbocycles. The standard InChI is InChI=1S/C3H9NO4S2/c1-2-4(10(7)8)3-9(5)6/h2-3H2,1H3,(H,5,6)(H,7,8)/p-2. The van der Waals surface area contributed by atoms with Gasteiger partial charge in [-0.25, -0.2) is 4.31 Å². The first kappa shape index (κ1) is 10.2. The first-order valence-electron chi connectivity index (χ1n) is 2.48. The molecular weight excluding hydrogens is 178 g/mol. The zero-order chi connectivity index (χ0) is 8.15. The molecule has 0 rings (SSSR count). The summed E-state index contributed by atoms with van der Waals surface area (Å²) in [6.07, 6.45) is 0. The van der Waals surface area contributed by atoms with E-state index >= 15 is 0 Å². The molecule has 0 bridgehead atoms. The lowest BCUT2D eigenvalue weighted by Crippen LogP contribution is -2.28. The molecule has 10 heavy (non-hydrogen) atoms. The van der Waals surface area contributed by atoms with E-state index in [0.717, 1.165) is 4.31 Å². The second kappa shape index (κ2) is 4.91. The Morgan fingerprint density at radius 2 is 1.90 bits per heavy atom. The summed E-state index contributed by atoms with van der Waals surface area (Å²) in [4.78, 5) is 0. The van der Waals surface area contributed by atoms with Gasteiger partial charge in [-0.2, -0.15) is 0 Å². The fourth-order valence-corrected chi connectivity index (χ4v) is 1.59. The van der Waals surface area contributed by atoms with Gasteiger partial charge >= 0.3 is 0 Å². The van der Waals surface area contributed by atoms with Crippen molar-refractivity contribution in [2.45, 2.75) is 6.92 Å². The van der Waals surface area contributed by atoms with E-state index in [9.17, 15) is 17.5 Å². The average molecular weight is 185 g/mol. The van der Waals surface area contributed by atoms with Gasteiger partial charge in [0.05, 0.1) is 5.88 Å². The van der Waals surface area contributed by atoms with E-state index in [2.05, 4.69) is 0 Å². The van der Waals surface area contributed by atoms with Crippen LogP contribution in [-0.4, -0.2) is 34.3 Å². The van der Waals surface area contributed by atoms with E-state index in [1.54, 1.807) is 6.92 Å². The highest BCUT2D eigenvalue weighted by Gasteiger charge is 1.99. The molecule has 0 N–H and O–H groups in total. The smallest absolute Gasteiger partial charge is 0.0726 e. The van der Waals surface area contributed by atoms with Gasteiger partial charge in [0, 0.05) is 17.8 Å². The van der Waals surface area contributed by atoms with Crippen molar-refractivity contribution in [3.05, 3.63) is 0 Å². The Bertz CT molecular complexity index is 149. The average Bonchev–Trinajstić information content (AvgIpc) is 1.81. The second-order valence-electron chi connectivity index (χ2n) is 1.45. The van der Waals surface area contributed by atoms with E-state index in [-0.39, 0.29) is 6.54 Å². The summed E-state index contributed by atoms with van der Waals surface area (Å²) < 4.78 is 40.9. The van der Waals surface area contributed by atoms with Crippen LogP contribution in [0.15, 0.2) is 0 Å². The lowest BCUT2D eigenvalue weighted by molar-refractivity contribution is 0.423. The van der Waals surface area contributed by atoms with Gasteiger partial charge in [-0.3, -0.25) is 8.42 Å². The molecule has 0 saturated carbocycles. The van der Waals surface area contributed by atoms with Crippen molar-refractivity contribution in [1.29, 1.82) is 0 Å². The molecule has 0 spiro atoms. The minimum atomic E-state index is -2.43. The molecule has 0 saturated heterocycles. The van der Waals surface area contributed by atoms with E-state index in [0.29, 0.717) is 0 Å². The van der Waals surface area contributed by atoms with Gasteiger partial charge in [0.2, 0.25) is 0 Å². The molecule has 0 heterocycles. The van der Waals surface area contributed by atoms with Crippen LogP contribution in [0.1, 0.15) is 6.92 Å². The fraction of sp³-hybridized carbons (Fsp3) is 1.00. The summed E-state index contributed by atoms with van der Waals surface area (Å²) in [5, 5.41) is 0. The predicted octanol–water partition coefficient (Wildman–Crippen LogP) is -1.06. The Kier molecular flexibility index (Phi) is 5.00. The Hall–Kier alpha value is 0.180. The topological polar surface area (TPSA) is 83.5 Å². The summed E-state index contributed by atoms with van der Waals surface area (Å²) in [7, 11) is 0. The van der Waals surface area contributed by atoms with Gasteiger partial charge in [0.1, 0.15) is 0 Å². The van der Waals surface area contributed by atoms with Gasteiger partial charge in [0.25, 0.3) is 0 Å². The molecule has 0 aliphatic heterocycles. The van der Waals surface area contributed by atoms with Crippen LogP contribution in [0.5, 0.6) is 0 Å². The molecule has 0 fully saturated rings. The summed E-state index contributed by atoms with van der Waals surface area (Å²) >= 11 is -4.77. The molecule has 2 atom stereocenters. The molecular formula is C3H7NO4S2-2. The summed E-state index contributed by atoms with van der Waals surface area (Å²) in [6, 6.07) is 0. The number of rotatable bonds is 4. The number of nitrogens with zero attached hydrogens (tertiary/aromatic N) is 1. The molecule has 5 nitrogen and oxygen atoms in total. The van der Waals surface area contributed by atoms with Crippen molar-refractivity contribution in [3.63, 3.8) is 0 Å². The van der Waals surface area contributed by atoms with Crippen LogP contribution in [0, 0.1) is 0 Å². The minimum absolute atomic E-state index is 0.171. The van der Waals surface area contributed by atoms with Crippen molar-refractivity contribution >= 4 is 22.3 Å². The molecule has 0 aliphatic rings. The second-order valence-corrected chi connectivity index (χ2v) is 3.26. The van der Waals surface area contributed by atoms with Crippen molar-refractivity contribution in [2.75, 3.05) is 12.4 Å². The molecule has 62 valence electrons. The predicted molar refractivity (Wildman–Crippen MR) is 35.1 cm³/mol. The van der Waals surface area contributed by atoms with Gasteiger partial charge in [-0.05, 0) is 11.1 Å². The third-order valence-corrected chi connectivity index (χ3v) is 2.31. The highest BCUT2D eigenvalue weighted by molar-refractivity contribution is 7.81. The van der Waals surface area contributed by atoms with Gasteiger partial charge in [0.15, 0.2) is 0 Å². The van der Waals surface area contributed by atoms with E-state index in [4.69, 9.17) is 0 Å². The maximum atomic E-state index is 10.1. The first-order valence-corrected chi connectivity index (χ1v) is 4.75. The lowest BCUT2D eigenvalue weighted by Gasteiger charge is -2.22. The first-order chi connectivity index (χ1) is 4.57. The third-order valence-electron chi connectivity index (χ3n) is 0.813. The number of hydrogen-bond acceptors (Lipinski definition) is 4. The Morgan fingerprint density at radius 3 is 2.00 bits per heavy atom. The Morgan fingerprint density at radius 1 is 1.40 bits per heavy atom. The van der Waals surface area contributed by atoms with E-state index in [1.165, 1.54) is 0 Å². The molecule has 7 heteroatoms. The summed E-state index contributed by atoms with van der Waals surface area (Å²) in [5.74, 6) is -0.466. The zero-order valence-electron chi connectivity index (χ0n) is 5.31. The van der Waals surface area contributed by atoms with Crippen molar-refractivity contribution < 1.29 is 17.5 Å². The monoisotopic (exact) mass is 185 g/mol. The summed E-state index contributed by atoms with van der Waals surface area (Å²) in [5.41, 5.74) is 0. The van der Waals surface area contributed by atoms with Crippen molar-refractivity contribution in [1.82, 2.24) is 4.31 Å². The quantitative estimate of drug-likeness (QED) is 0.522. The minimum Gasteiger partial charge on any atom is -0.771 e. The highest BCUT2D eigenvalue weighted by atomic mass is 32.2. The molecule has 0 aromatic carbocycles. The fourth-order valence-electron chi connectivity index (χ4n) is 0.357. The normalized spacial score (nSPS) is 17.2. The van der Waals surface area contributed by atoms with Crippen LogP contribution in [0.3, 0.4) is 0 Å². The van der Waals surface area contributed by atoms with Gasteiger partial charge < -0.3 is 9.11 Å². The van der Waals surface area contributed by atoms with Gasteiger partial charge in [-0.15, -0.1) is 0 Å². The number of hydrogen-bond donors (Lipinski definition) is 0. The van der Waals surface area contributed by atoms with Crippen LogP contribution in [-0.2, 0) is 22.3 Å². The lowest BCUT2D eigenvalue weighted by atomic mass is 10.8. The summed E-state index contributed by atoms with van der Waals surface area (Å²) in [6.45, 7) is 1.73. The van der Waals surface area contributed by atoms with Crippen molar-refractivity contribution in [2.24, 2.45) is 0 Å². The molecule has 0 radical (unpaired) electrons. The van der Waals surface area contributed by atoms with E-state index in [1.807, 2.05) is 0 Å². The highest BCUT2D eigenvalue weighted by Crippen LogP contribution is 1.91. The Labute approximate surface area is 64.1 Å². The molecule has 0 amide bonds. The van der Waals surface area contributed by atoms with Gasteiger partial charge in [-0.1, -0.05) is 6.92 Å².